The molecule has 0 atom stereocenters. The van der Waals surface area contributed by atoms with Crippen molar-refractivity contribution in [3.8, 4) is 0 Å². The van der Waals surface area contributed by atoms with Gasteiger partial charge in [-0.2, -0.15) is 0 Å². The summed E-state index contributed by atoms with van der Waals surface area (Å²) in [5.41, 5.74) is 0.243. The van der Waals surface area contributed by atoms with Gasteiger partial charge in [0.2, 0.25) is 5.91 Å². The third kappa shape index (κ3) is 4.50. The minimum Gasteiger partial charge on any atom is -0.356 e. The number of hydrogen-bond donors (Lipinski definition) is 2. The smallest absolute Gasteiger partial charge is 0.252 e. The topological polar surface area (TPSA) is 71.1 Å². The van der Waals surface area contributed by atoms with Gasteiger partial charge >= 0.3 is 0 Å². The van der Waals surface area contributed by atoms with E-state index < -0.39 is 0 Å². The van der Waals surface area contributed by atoms with E-state index in [-0.39, 0.29) is 40.5 Å². The van der Waals surface area contributed by atoms with E-state index in [9.17, 15) is 9.59 Å². The average molecular weight is 290 g/mol. The Morgan fingerprint density at radius 3 is 2.72 bits per heavy atom. The van der Waals surface area contributed by atoms with Crippen LogP contribution in [0, 0.1) is 0 Å². The fraction of sp³-hybridized carbons (Fsp3) is 0.364. The second-order valence-corrected chi connectivity index (χ2v) is 4.24. The van der Waals surface area contributed by atoms with E-state index in [1.807, 2.05) is 6.92 Å². The third-order valence-electron chi connectivity index (χ3n) is 2.08. The van der Waals surface area contributed by atoms with Crippen molar-refractivity contribution in [3.05, 3.63) is 28.0 Å². The molecule has 18 heavy (non-hydrogen) atoms. The van der Waals surface area contributed by atoms with Gasteiger partial charge in [0.05, 0.1) is 10.6 Å². The Bertz CT molecular complexity index is 452. The second kappa shape index (κ2) is 7.18. The minimum absolute atomic E-state index is 0.114. The van der Waals surface area contributed by atoms with Crippen molar-refractivity contribution in [3.63, 3.8) is 0 Å². The highest BCUT2D eigenvalue weighted by Gasteiger charge is 2.11. The first kappa shape index (κ1) is 14.7. The Kier molecular flexibility index (Phi) is 5.88. The van der Waals surface area contributed by atoms with Gasteiger partial charge in [-0.3, -0.25) is 9.59 Å². The van der Waals surface area contributed by atoms with Gasteiger partial charge in [0.1, 0.15) is 5.15 Å². The lowest BCUT2D eigenvalue weighted by Gasteiger charge is -2.06. The van der Waals surface area contributed by atoms with Crippen LogP contribution in [0.25, 0.3) is 0 Å². The first-order chi connectivity index (χ1) is 8.54. The Hall–Kier alpha value is -1.33. The van der Waals surface area contributed by atoms with Gasteiger partial charge in [0, 0.05) is 25.7 Å². The second-order valence-electron chi connectivity index (χ2n) is 3.45. The predicted octanol–water partition coefficient (Wildman–Crippen LogP) is 1.64. The van der Waals surface area contributed by atoms with Crippen molar-refractivity contribution in [2.24, 2.45) is 0 Å². The molecule has 0 radical (unpaired) electrons. The summed E-state index contributed by atoms with van der Waals surface area (Å²) in [6, 6.07) is 1.38. The number of nitrogens with one attached hydrogen (secondary N) is 2. The number of carbonyl (C=O) groups is 2. The van der Waals surface area contributed by atoms with Gasteiger partial charge in [0.25, 0.3) is 5.91 Å². The molecule has 7 heteroatoms. The molecule has 5 nitrogen and oxygen atoms in total. The first-order valence-electron chi connectivity index (χ1n) is 5.40. The Morgan fingerprint density at radius 2 is 2.06 bits per heavy atom. The summed E-state index contributed by atoms with van der Waals surface area (Å²) >= 11 is 11.5. The van der Waals surface area contributed by atoms with Crippen LogP contribution in [-0.4, -0.2) is 29.9 Å². The third-order valence-corrected chi connectivity index (χ3v) is 2.59. The maximum absolute atomic E-state index is 11.7. The predicted molar refractivity (Wildman–Crippen MR) is 69.9 cm³/mol. The molecule has 1 aromatic rings. The number of pyridine rings is 1. The monoisotopic (exact) mass is 289 g/mol. The fourth-order valence-electron chi connectivity index (χ4n) is 1.26. The van der Waals surface area contributed by atoms with Gasteiger partial charge in [-0.15, -0.1) is 0 Å². The fourth-order valence-corrected chi connectivity index (χ4v) is 1.60. The number of halogens is 2. The maximum Gasteiger partial charge on any atom is 0.252 e. The summed E-state index contributed by atoms with van der Waals surface area (Å²) in [4.78, 5) is 26.6. The van der Waals surface area contributed by atoms with Crippen LogP contribution in [0.3, 0.4) is 0 Å². The minimum atomic E-state index is -0.381. The SMILES string of the molecule is CCNC(=O)CCNC(=O)c1cc(Cl)ncc1Cl. The molecule has 0 aliphatic carbocycles. The van der Waals surface area contributed by atoms with E-state index in [1.165, 1.54) is 12.3 Å². The van der Waals surface area contributed by atoms with Gasteiger partial charge in [-0.1, -0.05) is 23.2 Å². The molecule has 2 amide bonds. The first-order valence-corrected chi connectivity index (χ1v) is 6.16. The number of rotatable bonds is 5. The van der Waals surface area contributed by atoms with Gasteiger partial charge in [-0.25, -0.2) is 4.98 Å². The van der Waals surface area contributed by atoms with E-state index >= 15 is 0 Å². The maximum atomic E-state index is 11.7. The quantitative estimate of drug-likeness (QED) is 0.810. The molecule has 1 aromatic heterocycles. The number of amides is 2. The lowest BCUT2D eigenvalue weighted by molar-refractivity contribution is -0.120. The molecule has 2 N–H and O–H groups in total. The van der Waals surface area contributed by atoms with Crippen molar-refractivity contribution in [1.29, 1.82) is 0 Å². The molecule has 0 saturated carbocycles. The van der Waals surface area contributed by atoms with Crippen LogP contribution < -0.4 is 10.6 Å². The standard InChI is InChI=1S/C11H13Cl2N3O2/c1-2-14-10(17)3-4-15-11(18)7-5-9(13)16-6-8(7)12/h5-6H,2-4H2,1H3,(H,14,17)(H,15,18). The summed E-state index contributed by atoms with van der Waals surface area (Å²) in [6.07, 6.45) is 1.53. The van der Waals surface area contributed by atoms with Crippen LogP contribution >= 0.6 is 23.2 Å². The van der Waals surface area contributed by atoms with Gasteiger partial charge in [0.15, 0.2) is 0 Å². The van der Waals surface area contributed by atoms with E-state index in [0.717, 1.165) is 0 Å². The van der Waals surface area contributed by atoms with E-state index in [2.05, 4.69) is 15.6 Å². The molecule has 0 aliphatic heterocycles. The van der Waals surface area contributed by atoms with Crippen LogP contribution in [0.4, 0.5) is 0 Å². The van der Waals surface area contributed by atoms with Crippen molar-refractivity contribution < 1.29 is 9.59 Å². The van der Waals surface area contributed by atoms with E-state index in [1.54, 1.807) is 0 Å². The van der Waals surface area contributed by atoms with Crippen LogP contribution in [0.1, 0.15) is 23.7 Å². The van der Waals surface area contributed by atoms with Crippen LogP contribution in [0.15, 0.2) is 12.3 Å². The zero-order chi connectivity index (χ0) is 13.5. The summed E-state index contributed by atoms with van der Waals surface area (Å²) in [5.74, 6) is -0.495. The molecule has 0 aliphatic rings. The molecule has 0 saturated heterocycles. The highest BCUT2D eigenvalue weighted by molar-refractivity contribution is 6.35. The van der Waals surface area contributed by atoms with Crippen molar-refractivity contribution in [1.82, 2.24) is 15.6 Å². The zero-order valence-corrected chi connectivity index (χ0v) is 11.3. The van der Waals surface area contributed by atoms with Crippen molar-refractivity contribution in [2.45, 2.75) is 13.3 Å². The Labute approximate surface area is 115 Å². The number of nitrogens with zero attached hydrogens (tertiary/aromatic N) is 1. The molecule has 0 bridgehead atoms. The van der Waals surface area contributed by atoms with Gasteiger partial charge < -0.3 is 10.6 Å². The van der Waals surface area contributed by atoms with Crippen molar-refractivity contribution in [2.75, 3.05) is 13.1 Å². The van der Waals surface area contributed by atoms with E-state index in [0.29, 0.717) is 6.54 Å². The number of aromatic nitrogens is 1. The zero-order valence-electron chi connectivity index (χ0n) is 9.80. The van der Waals surface area contributed by atoms with Crippen LogP contribution in [-0.2, 0) is 4.79 Å². The summed E-state index contributed by atoms with van der Waals surface area (Å²) in [5, 5.41) is 5.62. The van der Waals surface area contributed by atoms with Crippen molar-refractivity contribution >= 4 is 35.0 Å². The molecule has 98 valence electrons. The molecule has 0 aromatic carbocycles. The summed E-state index contributed by atoms with van der Waals surface area (Å²) < 4.78 is 0. The lowest BCUT2D eigenvalue weighted by Crippen LogP contribution is -2.30. The molecule has 1 rings (SSSR count). The molecule has 0 spiro atoms. The van der Waals surface area contributed by atoms with E-state index in [4.69, 9.17) is 23.2 Å². The highest BCUT2D eigenvalue weighted by atomic mass is 35.5. The average Bonchev–Trinajstić information content (AvgIpc) is 2.32. The van der Waals surface area contributed by atoms with Gasteiger partial charge in [-0.05, 0) is 13.0 Å². The molecular formula is C11H13Cl2N3O2. The highest BCUT2D eigenvalue weighted by Crippen LogP contribution is 2.17. The molecule has 0 fully saturated rings. The summed E-state index contributed by atoms with van der Waals surface area (Å²) in [7, 11) is 0. The number of carbonyl (C=O) groups excluding carboxylic acids is 2. The largest absolute Gasteiger partial charge is 0.356 e. The lowest BCUT2D eigenvalue weighted by atomic mass is 10.2. The van der Waals surface area contributed by atoms with Crippen LogP contribution in [0.5, 0.6) is 0 Å². The molecule has 1 heterocycles. The molecular weight excluding hydrogens is 277 g/mol. The Balaban J connectivity index is 2.50. The normalized spacial score (nSPS) is 9.94. The molecule has 0 unspecified atom stereocenters. The Morgan fingerprint density at radius 1 is 1.33 bits per heavy atom. The number of hydrogen-bond acceptors (Lipinski definition) is 3. The summed E-state index contributed by atoms with van der Waals surface area (Å²) in [6.45, 7) is 2.63. The van der Waals surface area contributed by atoms with Crippen LogP contribution in [0.2, 0.25) is 10.2 Å².